The van der Waals surface area contributed by atoms with Gasteiger partial charge in [0.15, 0.2) is 11.5 Å². The predicted molar refractivity (Wildman–Crippen MR) is 104 cm³/mol. The Morgan fingerprint density at radius 2 is 1.96 bits per heavy atom. The molecule has 2 aromatic rings. The molecule has 2 aromatic carbocycles. The van der Waals surface area contributed by atoms with E-state index in [4.69, 9.17) is 25.8 Å². The Bertz CT molecular complexity index is 996. The van der Waals surface area contributed by atoms with E-state index >= 15 is 0 Å². The van der Waals surface area contributed by atoms with Gasteiger partial charge in [-0.25, -0.2) is 8.42 Å². The third kappa shape index (κ3) is 4.49. The summed E-state index contributed by atoms with van der Waals surface area (Å²) in [6.07, 6.45) is 0. The fourth-order valence-electron chi connectivity index (χ4n) is 2.54. The van der Waals surface area contributed by atoms with Gasteiger partial charge in [0.25, 0.3) is 0 Å². The molecule has 0 aromatic heterocycles. The molecular formula is C18H19ClN2O6S. The molecule has 0 saturated heterocycles. The van der Waals surface area contributed by atoms with Crippen molar-refractivity contribution in [3.05, 3.63) is 41.4 Å². The summed E-state index contributed by atoms with van der Waals surface area (Å²) >= 11 is 5.93. The monoisotopic (exact) mass is 426 g/mol. The van der Waals surface area contributed by atoms with Gasteiger partial charge in [-0.3, -0.25) is 4.79 Å². The highest BCUT2D eigenvalue weighted by atomic mass is 35.5. The molecule has 150 valence electrons. The summed E-state index contributed by atoms with van der Waals surface area (Å²) in [5.41, 5.74) is 0.457. The van der Waals surface area contributed by atoms with Crippen molar-refractivity contribution in [1.82, 2.24) is 4.72 Å². The summed E-state index contributed by atoms with van der Waals surface area (Å²) in [5.74, 6) is 0.702. The number of fused-ring (bicyclic) bond motifs is 1. The van der Waals surface area contributed by atoms with E-state index in [1.807, 2.05) is 0 Å². The van der Waals surface area contributed by atoms with Crippen LogP contribution in [0.15, 0.2) is 41.3 Å². The van der Waals surface area contributed by atoms with Crippen molar-refractivity contribution in [2.45, 2.75) is 24.8 Å². The van der Waals surface area contributed by atoms with Crippen LogP contribution >= 0.6 is 11.6 Å². The van der Waals surface area contributed by atoms with E-state index in [-0.39, 0.29) is 29.1 Å². The number of hydrogen-bond acceptors (Lipinski definition) is 6. The zero-order chi connectivity index (χ0) is 20.3. The lowest BCUT2D eigenvalue weighted by atomic mass is 10.2. The van der Waals surface area contributed by atoms with Gasteiger partial charge in [0, 0.05) is 16.8 Å². The largest absolute Gasteiger partial charge is 0.492 e. The van der Waals surface area contributed by atoms with Crippen LogP contribution in [0.4, 0.5) is 5.69 Å². The Hall–Kier alpha value is -2.49. The number of sulfonamides is 1. The number of anilines is 1. The van der Waals surface area contributed by atoms with Crippen LogP contribution in [0.3, 0.4) is 0 Å². The number of hydrogen-bond donors (Lipinski definition) is 2. The normalized spacial score (nSPS) is 13.8. The number of benzene rings is 2. The van der Waals surface area contributed by atoms with Crippen molar-refractivity contribution >= 4 is 33.2 Å². The third-order valence-electron chi connectivity index (χ3n) is 3.86. The smallest absolute Gasteiger partial charge is 0.245 e. The van der Waals surface area contributed by atoms with Gasteiger partial charge in [-0.05, 0) is 44.2 Å². The van der Waals surface area contributed by atoms with E-state index in [1.54, 1.807) is 25.1 Å². The van der Waals surface area contributed by atoms with Gasteiger partial charge in [0.2, 0.25) is 22.7 Å². The van der Waals surface area contributed by atoms with E-state index in [1.165, 1.54) is 25.1 Å². The maximum Gasteiger partial charge on any atom is 0.245 e. The molecule has 8 nitrogen and oxygen atoms in total. The first kappa shape index (κ1) is 20.2. The molecule has 0 fully saturated rings. The van der Waals surface area contributed by atoms with Crippen LogP contribution in [0.1, 0.15) is 13.8 Å². The average Bonchev–Trinajstić information content (AvgIpc) is 3.10. The van der Waals surface area contributed by atoms with Gasteiger partial charge < -0.3 is 19.5 Å². The molecule has 28 heavy (non-hydrogen) atoms. The zero-order valence-electron chi connectivity index (χ0n) is 15.2. The molecule has 0 bridgehead atoms. The lowest BCUT2D eigenvalue weighted by Gasteiger charge is -2.16. The first-order valence-electron chi connectivity index (χ1n) is 8.45. The Balaban J connectivity index is 1.73. The number of ether oxygens (including phenoxy) is 3. The van der Waals surface area contributed by atoms with Crippen LogP contribution in [0, 0.1) is 0 Å². The predicted octanol–water partition coefficient (Wildman–Crippen LogP) is 2.77. The molecular weight excluding hydrogens is 408 g/mol. The summed E-state index contributed by atoms with van der Waals surface area (Å²) in [6, 6.07) is 8.12. The Morgan fingerprint density at radius 1 is 1.21 bits per heavy atom. The standard InChI is InChI=1S/C18H19ClN2O6S/c1-3-25-15-6-4-12(19)8-17(15)28(23,24)21-11(2)18(22)20-13-5-7-14-16(9-13)27-10-26-14/h4-9,11,21H,3,10H2,1-2H3,(H,20,22). The Kier molecular flexibility index (Phi) is 5.97. The van der Waals surface area contributed by atoms with E-state index < -0.39 is 22.0 Å². The third-order valence-corrected chi connectivity index (χ3v) is 5.66. The summed E-state index contributed by atoms with van der Waals surface area (Å²) in [5, 5.41) is 2.88. The lowest BCUT2D eigenvalue weighted by molar-refractivity contribution is -0.117. The van der Waals surface area contributed by atoms with E-state index in [0.717, 1.165) is 0 Å². The molecule has 0 saturated carbocycles. The fourth-order valence-corrected chi connectivity index (χ4v) is 4.15. The minimum absolute atomic E-state index is 0.116. The fraction of sp³-hybridized carbons (Fsp3) is 0.278. The van der Waals surface area contributed by atoms with Gasteiger partial charge in [-0.15, -0.1) is 0 Å². The van der Waals surface area contributed by atoms with E-state index in [2.05, 4.69) is 10.0 Å². The highest BCUT2D eigenvalue weighted by molar-refractivity contribution is 7.89. The molecule has 0 spiro atoms. The highest BCUT2D eigenvalue weighted by Crippen LogP contribution is 2.34. The minimum atomic E-state index is -4.05. The van der Waals surface area contributed by atoms with Crippen molar-refractivity contribution < 1.29 is 27.4 Å². The van der Waals surface area contributed by atoms with Gasteiger partial charge in [-0.1, -0.05) is 11.6 Å². The van der Waals surface area contributed by atoms with Crippen molar-refractivity contribution in [2.24, 2.45) is 0 Å². The van der Waals surface area contributed by atoms with Crippen molar-refractivity contribution in [3.63, 3.8) is 0 Å². The maximum absolute atomic E-state index is 12.7. The second-order valence-corrected chi connectivity index (χ2v) is 8.04. The number of carbonyl (C=O) groups excluding carboxylic acids is 1. The van der Waals surface area contributed by atoms with Crippen LogP contribution in [0.5, 0.6) is 17.2 Å². The molecule has 1 aliphatic heterocycles. The molecule has 10 heteroatoms. The number of halogens is 1. The minimum Gasteiger partial charge on any atom is -0.492 e. The zero-order valence-corrected chi connectivity index (χ0v) is 16.8. The van der Waals surface area contributed by atoms with E-state index in [9.17, 15) is 13.2 Å². The van der Waals surface area contributed by atoms with E-state index in [0.29, 0.717) is 17.2 Å². The van der Waals surface area contributed by atoms with Gasteiger partial charge >= 0.3 is 0 Å². The second-order valence-electron chi connectivity index (χ2n) is 5.92. The summed E-state index contributed by atoms with van der Waals surface area (Å²) in [7, 11) is -4.05. The summed E-state index contributed by atoms with van der Waals surface area (Å²) in [6.45, 7) is 3.57. The molecule has 0 aliphatic carbocycles. The van der Waals surface area contributed by atoms with Gasteiger partial charge in [0.05, 0.1) is 12.6 Å². The Labute approximate surface area is 167 Å². The maximum atomic E-state index is 12.7. The lowest BCUT2D eigenvalue weighted by Crippen LogP contribution is -2.41. The molecule has 1 aliphatic rings. The van der Waals surface area contributed by atoms with Crippen LogP contribution in [0.25, 0.3) is 0 Å². The molecule has 1 amide bonds. The first-order valence-corrected chi connectivity index (χ1v) is 10.3. The number of carbonyl (C=O) groups is 1. The first-order chi connectivity index (χ1) is 13.3. The summed E-state index contributed by atoms with van der Waals surface area (Å²) < 4.78 is 43.6. The van der Waals surface area contributed by atoms with Gasteiger partial charge in [-0.2, -0.15) is 4.72 Å². The Morgan fingerprint density at radius 3 is 2.71 bits per heavy atom. The van der Waals surface area contributed by atoms with Gasteiger partial charge in [0.1, 0.15) is 10.6 Å². The molecule has 3 rings (SSSR count). The average molecular weight is 427 g/mol. The van der Waals surface area contributed by atoms with Crippen LogP contribution in [-0.4, -0.2) is 33.8 Å². The topological polar surface area (TPSA) is 103 Å². The molecule has 0 radical (unpaired) electrons. The molecule has 1 atom stereocenters. The number of amides is 1. The van der Waals surface area contributed by atoms with Crippen molar-refractivity contribution in [1.29, 1.82) is 0 Å². The van der Waals surface area contributed by atoms with Crippen molar-refractivity contribution in [3.8, 4) is 17.2 Å². The number of rotatable bonds is 7. The van der Waals surface area contributed by atoms with Crippen LogP contribution in [-0.2, 0) is 14.8 Å². The molecule has 1 unspecified atom stereocenters. The number of nitrogens with one attached hydrogen (secondary N) is 2. The highest BCUT2D eigenvalue weighted by Gasteiger charge is 2.26. The second kappa shape index (κ2) is 8.26. The molecule has 1 heterocycles. The van der Waals surface area contributed by atoms with Crippen LogP contribution in [0.2, 0.25) is 5.02 Å². The molecule has 2 N–H and O–H groups in total. The SMILES string of the molecule is CCOc1ccc(Cl)cc1S(=O)(=O)NC(C)C(=O)Nc1ccc2c(c1)OCO2. The van der Waals surface area contributed by atoms with Crippen LogP contribution < -0.4 is 24.2 Å². The summed E-state index contributed by atoms with van der Waals surface area (Å²) in [4.78, 5) is 12.3. The quantitative estimate of drug-likeness (QED) is 0.705. The van der Waals surface area contributed by atoms with Crippen molar-refractivity contribution in [2.75, 3.05) is 18.7 Å².